The van der Waals surface area contributed by atoms with Gasteiger partial charge >= 0.3 is 0 Å². The van der Waals surface area contributed by atoms with Gasteiger partial charge in [-0.05, 0) is 26.8 Å². The fraction of sp³-hybridized carbons (Fsp3) is 0.429. The largest absolute Gasteiger partial charge is 0.421 e. The summed E-state index contributed by atoms with van der Waals surface area (Å²) >= 11 is 0. The lowest BCUT2D eigenvalue weighted by molar-refractivity contribution is -0.384. The molecule has 0 unspecified atom stereocenters. The number of nitrogens with zero attached hydrogens (tertiary/aromatic N) is 3. The monoisotopic (exact) mass is 290 g/mol. The summed E-state index contributed by atoms with van der Waals surface area (Å²) in [7, 11) is 0. The highest BCUT2D eigenvalue weighted by atomic mass is 16.6. The van der Waals surface area contributed by atoms with Crippen molar-refractivity contribution in [2.45, 2.75) is 32.7 Å². The van der Waals surface area contributed by atoms with Crippen LogP contribution in [-0.4, -0.2) is 27.2 Å². The summed E-state index contributed by atoms with van der Waals surface area (Å²) in [6.45, 7) is 6.96. The molecule has 2 aromatic rings. The van der Waals surface area contributed by atoms with E-state index in [1.165, 1.54) is 12.1 Å². The third-order valence-electron chi connectivity index (χ3n) is 2.76. The van der Waals surface area contributed by atoms with Crippen molar-refractivity contribution in [3.05, 3.63) is 40.3 Å². The van der Waals surface area contributed by atoms with Gasteiger partial charge in [0.05, 0.1) is 4.92 Å². The number of nitrogens with one attached hydrogen (secondary N) is 1. The van der Waals surface area contributed by atoms with Gasteiger partial charge in [0, 0.05) is 36.2 Å². The molecule has 7 nitrogen and oxygen atoms in total. The van der Waals surface area contributed by atoms with Gasteiger partial charge in [-0.25, -0.2) is 0 Å². The van der Waals surface area contributed by atoms with Crippen molar-refractivity contribution in [1.82, 2.24) is 15.5 Å². The summed E-state index contributed by atoms with van der Waals surface area (Å²) < 4.78 is 5.53. The zero-order valence-electron chi connectivity index (χ0n) is 12.3. The van der Waals surface area contributed by atoms with E-state index in [0.29, 0.717) is 23.8 Å². The molecule has 0 aliphatic carbocycles. The number of hydrogen-bond acceptors (Lipinski definition) is 6. The molecule has 0 spiro atoms. The molecule has 1 heterocycles. The molecule has 0 bridgehead atoms. The van der Waals surface area contributed by atoms with E-state index >= 15 is 0 Å². The van der Waals surface area contributed by atoms with Crippen molar-refractivity contribution in [1.29, 1.82) is 0 Å². The molecule has 0 radical (unpaired) electrons. The Kier molecular flexibility index (Phi) is 4.32. The van der Waals surface area contributed by atoms with Gasteiger partial charge in [-0.15, -0.1) is 10.2 Å². The van der Waals surface area contributed by atoms with Gasteiger partial charge in [0.25, 0.3) is 5.69 Å². The Morgan fingerprint density at radius 3 is 2.76 bits per heavy atom. The molecule has 0 aliphatic heterocycles. The lowest BCUT2D eigenvalue weighted by atomic mass is 10.1. The SMILES string of the molecule is CC(C)(C)NCCc1nnc(-c2cccc([N+](=O)[O-])c2)o1. The van der Waals surface area contributed by atoms with Crippen LogP contribution in [-0.2, 0) is 6.42 Å². The molecule has 1 aromatic carbocycles. The lowest BCUT2D eigenvalue weighted by Crippen LogP contribution is -2.37. The van der Waals surface area contributed by atoms with Crippen LogP contribution in [0, 0.1) is 10.1 Å². The maximum atomic E-state index is 10.8. The predicted octanol–water partition coefficient (Wildman–Crippen LogP) is 2.58. The summed E-state index contributed by atoms with van der Waals surface area (Å²) in [5, 5.41) is 22.0. The van der Waals surface area contributed by atoms with Crippen molar-refractivity contribution in [3.8, 4) is 11.5 Å². The van der Waals surface area contributed by atoms with Crippen molar-refractivity contribution in [2.24, 2.45) is 0 Å². The lowest BCUT2D eigenvalue weighted by Gasteiger charge is -2.19. The van der Waals surface area contributed by atoms with Crippen LogP contribution in [0.5, 0.6) is 0 Å². The first-order valence-corrected chi connectivity index (χ1v) is 6.67. The van der Waals surface area contributed by atoms with Crippen LogP contribution < -0.4 is 5.32 Å². The van der Waals surface area contributed by atoms with Crippen LogP contribution in [0.3, 0.4) is 0 Å². The van der Waals surface area contributed by atoms with Gasteiger partial charge in [0.2, 0.25) is 11.8 Å². The minimum absolute atomic E-state index is 0.00153. The Morgan fingerprint density at radius 2 is 2.10 bits per heavy atom. The van der Waals surface area contributed by atoms with E-state index in [-0.39, 0.29) is 11.2 Å². The fourth-order valence-electron chi connectivity index (χ4n) is 1.77. The van der Waals surface area contributed by atoms with Gasteiger partial charge in [0.1, 0.15) is 0 Å². The number of rotatable bonds is 5. The average molecular weight is 290 g/mol. The second kappa shape index (κ2) is 6.01. The first-order chi connectivity index (χ1) is 9.85. The Labute approximate surface area is 122 Å². The molecule has 0 aliphatic rings. The zero-order chi connectivity index (χ0) is 15.5. The first kappa shape index (κ1) is 15.1. The van der Waals surface area contributed by atoms with Crippen LogP contribution in [0.4, 0.5) is 5.69 Å². The van der Waals surface area contributed by atoms with Crippen LogP contribution in [0.2, 0.25) is 0 Å². The van der Waals surface area contributed by atoms with Crippen LogP contribution in [0.25, 0.3) is 11.5 Å². The summed E-state index contributed by atoms with van der Waals surface area (Å²) in [5.74, 6) is 0.803. The molecular formula is C14H18N4O3. The van der Waals surface area contributed by atoms with E-state index in [1.54, 1.807) is 12.1 Å². The highest BCUT2D eigenvalue weighted by Crippen LogP contribution is 2.22. The molecule has 0 fully saturated rings. The van der Waals surface area contributed by atoms with Gasteiger partial charge in [0.15, 0.2) is 0 Å². The smallest absolute Gasteiger partial charge is 0.270 e. The molecule has 7 heteroatoms. The Hall–Kier alpha value is -2.28. The maximum Gasteiger partial charge on any atom is 0.270 e. The van der Waals surface area contributed by atoms with Crippen molar-refractivity contribution in [3.63, 3.8) is 0 Å². The molecule has 0 saturated carbocycles. The molecule has 1 N–H and O–H groups in total. The Bertz CT molecular complexity index is 631. The van der Waals surface area contributed by atoms with E-state index in [9.17, 15) is 10.1 Å². The highest BCUT2D eigenvalue weighted by molar-refractivity contribution is 5.57. The third-order valence-corrected chi connectivity index (χ3v) is 2.76. The van der Waals surface area contributed by atoms with Crippen LogP contribution in [0.15, 0.2) is 28.7 Å². The third kappa shape index (κ3) is 4.35. The van der Waals surface area contributed by atoms with E-state index in [2.05, 4.69) is 36.3 Å². The summed E-state index contributed by atoms with van der Waals surface area (Å²) in [6.07, 6.45) is 0.610. The van der Waals surface area contributed by atoms with Gasteiger partial charge in [-0.2, -0.15) is 0 Å². The van der Waals surface area contributed by atoms with Crippen molar-refractivity contribution >= 4 is 5.69 Å². The van der Waals surface area contributed by atoms with Crippen LogP contribution in [0.1, 0.15) is 26.7 Å². The molecule has 0 amide bonds. The number of nitro groups is 1. The van der Waals surface area contributed by atoms with Crippen LogP contribution >= 0.6 is 0 Å². The molecule has 21 heavy (non-hydrogen) atoms. The van der Waals surface area contributed by atoms with E-state index in [0.717, 1.165) is 6.54 Å². The van der Waals surface area contributed by atoms with Crippen molar-refractivity contribution < 1.29 is 9.34 Å². The quantitative estimate of drug-likeness (QED) is 0.671. The number of benzene rings is 1. The first-order valence-electron chi connectivity index (χ1n) is 6.67. The number of nitro benzene ring substituents is 1. The summed E-state index contributed by atoms with van der Waals surface area (Å²) in [5.41, 5.74) is 0.580. The van der Waals surface area contributed by atoms with Gasteiger partial charge < -0.3 is 9.73 Å². The highest BCUT2D eigenvalue weighted by Gasteiger charge is 2.13. The average Bonchev–Trinajstić information content (AvgIpc) is 2.86. The molecule has 2 rings (SSSR count). The number of aromatic nitrogens is 2. The summed E-state index contributed by atoms with van der Waals surface area (Å²) in [6, 6.07) is 6.15. The number of hydrogen-bond donors (Lipinski definition) is 1. The molecule has 0 saturated heterocycles. The summed E-state index contributed by atoms with van der Waals surface area (Å²) in [4.78, 5) is 10.3. The zero-order valence-corrected chi connectivity index (χ0v) is 12.3. The van der Waals surface area contributed by atoms with E-state index in [4.69, 9.17) is 4.42 Å². The van der Waals surface area contributed by atoms with Gasteiger partial charge in [-0.1, -0.05) is 6.07 Å². The normalized spacial score (nSPS) is 11.6. The Morgan fingerprint density at radius 1 is 1.33 bits per heavy atom. The molecule has 0 atom stereocenters. The number of non-ortho nitro benzene ring substituents is 1. The minimum atomic E-state index is -0.450. The van der Waals surface area contributed by atoms with E-state index < -0.39 is 4.92 Å². The second-order valence-electron chi connectivity index (χ2n) is 5.74. The van der Waals surface area contributed by atoms with E-state index in [1.807, 2.05) is 0 Å². The molecule has 112 valence electrons. The minimum Gasteiger partial charge on any atom is -0.421 e. The fourth-order valence-corrected chi connectivity index (χ4v) is 1.77. The predicted molar refractivity (Wildman–Crippen MR) is 77.8 cm³/mol. The molecular weight excluding hydrogens is 272 g/mol. The molecule has 1 aromatic heterocycles. The van der Waals surface area contributed by atoms with Crippen molar-refractivity contribution in [2.75, 3.05) is 6.54 Å². The second-order valence-corrected chi connectivity index (χ2v) is 5.74. The Balaban J connectivity index is 2.06. The maximum absolute atomic E-state index is 10.8. The topological polar surface area (TPSA) is 94.1 Å². The standard InChI is InChI=1S/C14H18N4O3/c1-14(2,3)15-8-7-12-16-17-13(21-12)10-5-4-6-11(9-10)18(19)20/h4-6,9,15H,7-8H2,1-3H3. The van der Waals surface area contributed by atoms with Gasteiger partial charge in [-0.3, -0.25) is 10.1 Å².